The molecule has 1 aliphatic heterocycles. The summed E-state index contributed by atoms with van der Waals surface area (Å²) in [6, 6.07) is 7.59. The summed E-state index contributed by atoms with van der Waals surface area (Å²) in [5.41, 5.74) is 6.88. The summed E-state index contributed by atoms with van der Waals surface area (Å²) in [6.45, 7) is 0.889. The highest BCUT2D eigenvalue weighted by atomic mass is 35.5. The summed E-state index contributed by atoms with van der Waals surface area (Å²) < 4.78 is 1.90. The zero-order chi connectivity index (χ0) is 11.8. The number of rotatable bonds is 1. The van der Waals surface area contributed by atoms with Crippen molar-refractivity contribution < 1.29 is 0 Å². The van der Waals surface area contributed by atoms with E-state index in [2.05, 4.69) is 10.1 Å². The van der Waals surface area contributed by atoms with Crippen LogP contribution in [-0.2, 0) is 6.54 Å². The Bertz CT molecular complexity index is 549. The van der Waals surface area contributed by atoms with E-state index in [1.165, 1.54) is 0 Å². The van der Waals surface area contributed by atoms with Gasteiger partial charge in [0.15, 0.2) is 5.82 Å². The van der Waals surface area contributed by atoms with Gasteiger partial charge < -0.3 is 5.73 Å². The lowest BCUT2D eigenvalue weighted by Gasteiger charge is -2.17. The molecule has 0 saturated heterocycles. The first-order valence-electron chi connectivity index (χ1n) is 5.71. The van der Waals surface area contributed by atoms with E-state index < -0.39 is 0 Å². The van der Waals surface area contributed by atoms with Crippen LogP contribution in [0.5, 0.6) is 0 Å². The van der Waals surface area contributed by atoms with Crippen molar-refractivity contribution in [3.63, 3.8) is 0 Å². The number of aromatic nitrogens is 3. The highest BCUT2D eigenvalue weighted by molar-refractivity contribution is 6.33. The average Bonchev–Trinajstić information content (AvgIpc) is 2.75. The SMILES string of the molecule is NC1CCCn2nc(-c3ccccc3Cl)nc21. The maximum Gasteiger partial charge on any atom is 0.182 e. The van der Waals surface area contributed by atoms with Gasteiger partial charge in [0.1, 0.15) is 5.82 Å². The third-order valence-corrected chi connectivity index (χ3v) is 3.36. The van der Waals surface area contributed by atoms with Gasteiger partial charge in [0, 0.05) is 12.1 Å². The molecular weight excluding hydrogens is 236 g/mol. The summed E-state index contributed by atoms with van der Waals surface area (Å²) in [5.74, 6) is 1.54. The molecule has 0 radical (unpaired) electrons. The number of nitrogens with zero attached hydrogens (tertiary/aromatic N) is 3. The van der Waals surface area contributed by atoms with E-state index in [-0.39, 0.29) is 6.04 Å². The van der Waals surface area contributed by atoms with Crippen molar-refractivity contribution in [2.24, 2.45) is 5.73 Å². The fourth-order valence-corrected chi connectivity index (χ4v) is 2.36. The minimum atomic E-state index is -0.00696. The van der Waals surface area contributed by atoms with Crippen molar-refractivity contribution >= 4 is 11.6 Å². The average molecular weight is 249 g/mol. The van der Waals surface area contributed by atoms with Gasteiger partial charge in [-0.15, -0.1) is 0 Å². The normalized spacial score (nSPS) is 19.1. The highest BCUT2D eigenvalue weighted by Gasteiger charge is 2.22. The molecule has 1 atom stereocenters. The Kier molecular flexibility index (Phi) is 2.61. The highest BCUT2D eigenvalue weighted by Crippen LogP contribution is 2.28. The van der Waals surface area contributed by atoms with Crippen LogP contribution >= 0.6 is 11.6 Å². The molecule has 0 bridgehead atoms. The molecule has 17 heavy (non-hydrogen) atoms. The molecule has 3 rings (SSSR count). The van der Waals surface area contributed by atoms with Crippen LogP contribution in [-0.4, -0.2) is 14.8 Å². The molecule has 5 heteroatoms. The van der Waals surface area contributed by atoms with Gasteiger partial charge in [-0.3, -0.25) is 0 Å². The van der Waals surface area contributed by atoms with Gasteiger partial charge >= 0.3 is 0 Å². The van der Waals surface area contributed by atoms with Crippen LogP contribution in [0.15, 0.2) is 24.3 Å². The fourth-order valence-electron chi connectivity index (χ4n) is 2.14. The van der Waals surface area contributed by atoms with Crippen LogP contribution in [0.3, 0.4) is 0 Å². The Labute approximate surface area is 104 Å². The van der Waals surface area contributed by atoms with Crippen molar-refractivity contribution in [2.45, 2.75) is 25.4 Å². The van der Waals surface area contributed by atoms with Crippen molar-refractivity contribution in [1.82, 2.24) is 14.8 Å². The van der Waals surface area contributed by atoms with E-state index >= 15 is 0 Å². The fraction of sp³-hybridized carbons (Fsp3) is 0.333. The van der Waals surface area contributed by atoms with Crippen LogP contribution < -0.4 is 5.73 Å². The quantitative estimate of drug-likeness (QED) is 0.843. The Morgan fingerprint density at radius 3 is 2.94 bits per heavy atom. The lowest BCUT2D eigenvalue weighted by Crippen LogP contribution is -2.22. The molecule has 1 aliphatic rings. The van der Waals surface area contributed by atoms with Gasteiger partial charge in [-0.05, 0) is 25.0 Å². The summed E-state index contributed by atoms with van der Waals surface area (Å²) in [6.07, 6.45) is 2.03. The van der Waals surface area contributed by atoms with Gasteiger partial charge in [0.2, 0.25) is 0 Å². The molecule has 2 N–H and O–H groups in total. The molecule has 1 aromatic heterocycles. The molecule has 0 saturated carbocycles. The number of nitrogens with two attached hydrogens (primary N) is 1. The van der Waals surface area contributed by atoms with Crippen LogP contribution in [0, 0.1) is 0 Å². The summed E-state index contributed by atoms with van der Waals surface area (Å²) >= 11 is 6.14. The Morgan fingerprint density at radius 2 is 2.18 bits per heavy atom. The van der Waals surface area contributed by atoms with Crippen LogP contribution in [0.2, 0.25) is 5.02 Å². The molecule has 0 aliphatic carbocycles. The van der Waals surface area contributed by atoms with Gasteiger partial charge in [-0.1, -0.05) is 23.7 Å². The van der Waals surface area contributed by atoms with Crippen molar-refractivity contribution in [2.75, 3.05) is 0 Å². The zero-order valence-electron chi connectivity index (χ0n) is 9.31. The largest absolute Gasteiger partial charge is 0.321 e. The van der Waals surface area contributed by atoms with Gasteiger partial charge in [-0.2, -0.15) is 5.10 Å². The number of fused-ring (bicyclic) bond motifs is 1. The first-order valence-corrected chi connectivity index (χ1v) is 6.09. The second-order valence-electron chi connectivity index (χ2n) is 4.25. The summed E-state index contributed by atoms with van der Waals surface area (Å²) in [5, 5.41) is 5.14. The number of aryl methyl sites for hydroxylation is 1. The number of benzene rings is 1. The molecule has 2 aromatic rings. The standard InChI is InChI=1S/C12H13ClN4/c13-9-5-2-1-4-8(9)11-15-12-10(14)6-3-7-17(12)16-11/h1-2,4-5,10H,3,6-7,14H2. The lowest BCUT2D eigenvalue weighted by atomic mass is 10.1. The second-order valence-corrected chi connectivity index (χ2v) is 4.65. The third kappa shape index (κ3) is 1.83. The van der Waals surface area contributed by atoms with Crippen LogP contribution in [0.1, 0.15) is 24.7 Å². The van der Waals surface area contributed by atoms with Crippen molar-refractivity contribution in [3.8, 4) is 11.4 Å². The molecule has 4 nitrogen and oxygen atoms in total. The molecule has 0 fully saturated rings. The lowest BCUT2D eigenvalue weighted by molar-refractivity contribution is 0.422. The first kappa shape index (κ1) is 10.7. The zero-order valence-corrected chi connectivity index (χ0v) is 10.1. The van der Waals surface area contributed by atoms with E-state index in [1.54, 1.807) is 0 Å². The number of hydrogen-bond donors (Lipinski definition) is 1. The van der Waals surface area contributed by atoms with Crippen LogP contribution in [0.25, 0.3) is 11.4 Å². The minimum absolute atomic E-state index is 0.00696. The summed E-state index contributed by atoms with van der Waals surface area (Å²) in [4.78, 5) is 4.51. The van der Waals surface area contributed by atoms with Gasteiger partial charge in [0.05, 0.1) is 11.1 Å². The van der Waals surface area contributed by atoms with Gasteiger partial charge in [-0.25, -0.2) is 9.67 Å². The first-order chi connectivity index (χ1) is 8.25. The van der Waals surface area contributed by atoms with Crippen LogP contribution in [0.4, 0.5) is 0 Å². The minimum Gasteiger partial charge on any atom is -0.321 e. The molecule has 1 aromatic carbocycles. The van der Waals surface area contributed by atoms with Crippen molar-refractivity contribution in [3.05, 3.63) is 35.1 Å². The molecule has 0 amide bonds. The molecule has 0 spiro atoms. The van der Waals surface area contributed by atoms with Crippen molar-refractivity contribution in [1.29, 1.82) is 0 Å². The number of halogens is 1. The number of hydrogen-bond acceptors (Lipinski definition) is 3. The monoisotopic (exact) mass is 248 g/mol. The Balaban J connectivity index is 2.08. The molecular formula is C12H13ClN4. The molecule has 1 unspecified atom stereocenters. The predicted octanol–water partition coefficient (Wildman–Crippen LogP) is 2.39. The maximum absolute atomic E-state index is 6.14. The molecule has 88 valence electrons. The Hall–Kier alpha value is -1.39. The molecule has 2 heterocycles. The van der Waals surface area contributed by atoms with E-state index in [0.29, 0.717) is 10.8 Å². The Morgan fingerprint density at radius 1 is 1.35 bits per heavy atom. The summed E-state index contributed by atoms with van der Waals surface area (Å²) in [7, 11) is 0. The smallest absolute Gasteiger partial charge is 0.182 e. The van der Waals surface area contributed by atoms with E-state index in [9.17, 15) is 0 Å². The van der Waals surface area contributed by atoms with E-state index in [0.717, 1.165) is 30.8 Å². The van der Waals surface area contributed by atoms with Gasteiger partial charge in [0.25, 0.3) is 0 Å². The van der Waals surface area contributed by atoms with E-state index in [4.69, 9.17) is 17.3 Å². The van der Waals surface area contributed by atoms with E-state index in [1.807, 2.05) is 28.9 Å². The second kappa shape index (κ2) is 4.13. The third-order valence-electron chi connectivity index (χ3n) is 3.03. The predicted molar refractivity (Wildman–Crippen MR) is 66.6 cm³/mol. The topological polar surface area (TPSA) is 56.7 Å². The maximum atomic E-state index is 6.14.